The molecule has 0 saturated carbocycles. The number of nitrogens with one attached hydrogen (secondary N) is 1. The Kier molecular flexibility index (Phi) is 14.7. The average Bonchev–Trinajstić information content (AvgIpc) is 3.69. The minimum atomic E-state index is -4.07. The molecule has 2 aromatic carbocycles. The minimum absolute atomic E-state index is 0.0158. The van der Waals surface area contributed by atoms with Crippen LogP contribution >= 0.6 is 7.60 Å². The zero-order valence-corrected chi connectivity index (χ0v) is 31.0. The number of hydrogen-bond acceptors (Lipinski definition) is 12. The third-order valence-corrected chi connectivity index (χ3v) is 12.0. The number of hydrogen-bond donors (Lipinski definition) is 3. The molecule has 2 aliphatic heterocycles. The molecule has 14 nitrogen and oxygen atoms in total. The first-order valence-electron chi connectivity index (χ1n) is 17.0. The molecule has 2 aliphatic rings. The minimum Gasteiger partial charge on any atom is -0.481 e. The first-order chi connectivity index (χ1) is 23.7. The van der Waals surface area contributed by atoms with E-state index in [1.54, 1.807) is 57.2 Å². The Labute approximate surface area is 294 Å². The van der Waals surface area contributed by atoms with Gasteiger partial charge in [0.1, 0.15) is 11.9 Å². The van der Waals surface area contributed by atoms with Crippen molar-refractivity contribution in [3.63, 3.8) is 0 Å². The van der Waals surface area contributed by atoms with Crippen LogP contribution in [0.2, 0.25) is 0 Å². The summed E-state index contributed by atoms with van der Waals surface area (Å²) in [6.07, 6.45) is -3.31. The standard InChI is InChI=1S/C34H51N2O12PS/c1-6-46-49(40,47-7-2)22-45-27-12-8-25(9-13-27)18-30(35-34(39)48-32-21-44-33-29(32)16-17-43-33)31(38)20-36(19-23(3)4)50(41,42)28-14-10-26(11-15-28)24(5)37/h8-15,23-24,29-33,37-38H,6-7,16-22H2,1-5H3,(H,35,39)/t24-,29+,30+,31-,32+,33-/m1/s1. The van der Waals surface area contributed by atoms with E-state index in [0.717, 1.165) is 0 Å². The second-order valence-electron chi connectivity index (χ2n) is 12.8. The van der Waals surface area contributed by atoms with E-state index in [1.807, 2.05) is 13.8 Å². The van der Waals surface area contributed by atoms with Crippen LogP contribution in [-0.4, -0.2) is 99.4 Å². The molecule has 0 aromatic heterocycles. The maximum atomic E-state index is 13.8. The number of carbonyl (C=O) groups excluding carboxylic acids is 1. The van der Waals surface area contributed by atoms with Crippen LogP contribution in [0.3, 0.4) is 0 Å². The van der Waals surface area contributed by atoms with Crippen molar-refractivity contribution in [2.45, 2.75) is 83.0 Å². The fourth-order valence-electron chi connectivity index (χ4n) is 5.87. The summed E-state index contributed by atoms with van der Waals surface area (Å²) in [5, 5.41) is 24.3. The van der Waals surface area contributed by atoms with Gasteiger partial charge in [0.15, 0.2) is 12.6 Å². The number of aliphatic hydroxyl groups excluding tert-OH is 2. The van der Waals surface area contributed by atoms with Gasteiger partial charge in [-0.2, -0.15) is 4.31 Å². The molecule has 0 unspecified atom stereocenters. The number of ether oxygens (including phenoxy) is 4. The molecular weight excluding hydrogens is 691 g/mol. The highest BCUT2D eigenvalue weighted by Gasteiger charge is 2.44. The number of alkyl carbamates (subject to hydrolysis) is 1. The molecule has 280 valence electrons. The van der Waals surface area contributed by atoms with Gasteiger partial charge in [-0.15, -0.1) is 0 Å². The average molecular weight is 743 g/mol. The molecule has 1 amide bonds. The number of rotatable bonds is 19. The molecule has 3 N–H and O–H groups in total. The summed E-state index contributed by atoms with van der Waals surface area (Å²) in [5.41, 5.74) is 1.26. The lowest BCUT2D eigenvalue weighted by molar-refractivity contribution is -0.0907. The highest BCUT2D eigenvalue weighted by Crippen LogP contribution is 2.47. The predicted octanol–water partition coefficient (Wildman–Crippen LogP) is 4.45. The van der Waals surface area contributed by atoms with Crippen molar-refractivity contribution in [1.29, 1.82) is 0 Å². The summed E-state index contributed by atoms with van der Waals surface area (Å²) in [5.74, 6) is 0.231. The number of carbonyl (C=O) groups is 1. The Morgan fingerprint density at radius 2 is 1.66 bits per heavy atom. The third-order valence-electron chi connectivity index (χ3n) is 8.39. The van der Waals surface area contributed by atoms with Gasteiger partial charge in [0.25, 0.3) is 0 Å². The Morgan fingerprint density at radius 1 is 1.00 bits per heavy atom. The predicted molar refractivity (Wildman–Crippen MR) is 184 cm³/mol. The summed E-state index contributed by atoms with van der Waals surface area (Å²) in [4.78, 5) is 13.3. The van der Waals surface area contributed by atoms with Crippen molar-refractivity contribution in [3.8, 4) is 5.75 Å². The zero-order valence-electron chi connectivity index (χ0n) is 29.3. The van der Waals surface area contributed by atoms with Gasteiger partial charge in [0, 0.05) is 13.1 Å². The van der Waals surface area contributed by atoms with Gasteiger partial charge in [-0.3, -0.25) is 4.57 Å². The summed E-state index contributed by atoms with van der Waals surface area (Å²) in [6, 6.07) is 11.8. The highest BCUT2D eigenvalue weighted by atomic mass is 32.2. The molecule has 0 spiro atoms. The van der Waals surface area contributed by atoms with Crippen molar-refractivity contribution in [3.05, 3.63) is 59.7 Å². The molecule has 50 heavy (non-hydrogen) atoms. The highest BCUT2D eigenvalue weighted by molar-refractivity contribution is 7.89. The van der Waals surface area contributed by atoms with Crippen molar-refractivity contribution in [1.82, 2.24) is 9.62 Å². The molecule has 4 rings (SSSR count). The zero-order chi connectivity index (χ0) is 36.5. The number of nitrogens with zero attached hydrogens (tertiary/aromatic N) is 1. The van der Waals surface area contributed by atoms with Crippen LogP contribution in [0.4, 0.5) is 4.79 Å². The second-order valence-corrected chi connectivity index (χ2v) is 16.8. The second kappa shape index (κ2) is 18.3. The molecule has 2 aromatic rings. The molecule has 0 radical (unpaired) electrons. The van der Waals surface area contributed by atoms with Gasteiger partial charge in [0.05, 0.1) is 55.5 Å². The maximum Gasteiger partial charge on any atom is 0.407 e. The van der Waals surface area contributed by atoms with Crippen LogP contribution in [0.25, 0.3) is 0 Å². The monoisotopic (exact) mass is 742 g/mol. The van der Waals surface area contributed by atoms with Crippen molar-refractivity contribution < 1.29 is 56.0 Å². The van der Waals surface area contributed by atoms with Gasteiger partial charge in [-0.05, 0) is 74.9 Å². The van der Waals surface area contributed by atoms with E-state index >= 15 is 0 Å². The van der Waals surface area contributed by atoms with Crippen LogP contribution < -0.4 is 10.1 Å². The van der Waals surface area contributed by atoms with Gasteiger partial charge >= 0.3 is 13.7 Å². The van der Waals surface area contributed by atoms with E-state index in [-0.39, 0.29) is 62.4 Å². The van der Waals surface area contributed by atoms with E-state index < -0.39 is 54.4 Å². The lowest BCUT2D eigenvalue weighted by atomic mass is 10.0. The number of fused-ring (bicyclic) bond motifs is 1. The van der Waals surface area contributed by atoms with Crippen LogP contribution in [0.1, 0.15) is 58.3 Å². The Balaban J connectivity index is 1.52. The van der Waals surface area contributed by atoms with E-state index in [0.29, 0.717) is 29.9 Å². The number of sulfonamides is 1. The molecule has 16 heteroatoms. The quantitative estimate of drug-likeness (QED) is 0.173. The number of amides is 1. The van der Waals surface area contributed by atoms with Crippen molar-refractivity contribution in [2.75, 3.05) is 45.9 Å². The van der Waals surface area contributed by atoms with Gasteiger partial charge in [-0.25, -0.2) is 13.2 Å². The SMILES string of the molecule is CCOP(=O)(COc1ccc(C[C@H](NC(=O)O[C@H]2CO[C@H]3OCC[C@H]32)[C@H](O)CN(CC(C)C)S(=O)(=O)c2ccc([C@@H](C)O)cc2)cc1)OCC. The molecule has 0 aliphatic carbocycles. The molecule has 0 bridgehead atoms. The fourth-order valence-corrected chi connectivity index (χ4v) is 8.81. The van der Waals surface area contributed by atoms with Crippen LogP contribution in [0.15, 0.2) is 53.4 Å². The molecule has 2 saturated heterocycles. The third kappa shape index (κ3) is 11.0. The first kappa shape index (κ1) is 40.2. The number of aliphatic hydroxyl groups is 2. The summed E-state index contributed by atoms with van der Waals surface area (Å²) >= 11 is 0. The van der Waals surface area contributed by atoms with Crippen molar-refractivity contribution in [2.24, 2.45) is 11.8 Å². The lowest BCUT2D eigenvalue weighted by Gasteiger charge is -2.31. The Morgan fingerprint density at radius 3 is 2.26 bits per heavy atom. The molecular formula is C34H51N2O12PS. The van der Waals surface area contributed by atoms with E-state index in [4.69, 9.17) is 28.0 Å². The van der Waals surface area contributed by atoms with Crippen LogP contribution in [0, 0.1) is 11.8 Å². The van der Waals surface area contributed by atoms with E-state index in [2.05, 4.69) is 5.32 Å². The number of benzene rings is 2. The van der Waals surface area contributed by atoms with Crippen molar-refractivity contribution >= 4 is 23.7 Å². The topological polar surface area (TPSA) is 179 Å². The summed E-state index contributed by atoms with van der Waals surface area (Å²) in [7, 11) is -7.51. The largest absolute Gasteiger partial charge is 0.481 e. The van der Waals surface area contributed by atoms with E-state index in [9.17, 15) is 28.0 Å². The molecule has 2 fully saturated rings. The van der Waals surface area contributed by atoms with Crippen LogP contribution in [-0.2, 0) is 44.3 Å². The van der Waals surface area contributed by atoms with Gasteiger partial charge in [-0.1, -0.05) is 38.1 Å². The first-order valence-corrected chi connectivity index (χ1v) is 20.2. The van der Waals surface area contributed by atoms with Gasteiger partial charge < -0.3 is 43.5 Å². The maximum absolute atomic E-state index is 13.8. The van der Waals surface area contributed by atoms with Gasteiger partial charge in [0.2, 0.25) is 10.0 Å². The smallest absolute Gasteiger partial charge is 0.407 e. The fraction of sp³-hybridized carbons (Fsp3) is 0.618. The van der Waals surface area contributed by atoms with E-state index in [1.165, 1.54) is 16.4 Å². The van der Waals surface area contributed by atoms with Crippen LogP contribution in [0.5, 0.6) is 5.75 Å². The normalized spacial score (nSPS) is 21.2. The Hall–Kier alpha value is -2.59. The molecule has 6 atom stereocenters. The summed E-state index contributed by atoms with van der Waals surface area (Å²) < 4.78 is 74.8. The summed E-state index contributed by atoms with van der Waals surface area (Å²) in [6.45, 7) is 9.64. The molecule has 2 heterocycles. The lowest BCUT2D eigenvalue weighted by Crippen LogP contribution is -2.51. The Bertz CT molecular complexity index is 1510.